The van der Waals surface area contributed by atoms with Crippen LogP contribution in [0, 0.1) is 0 Å². The summed E-state index contributed by atoms with van der Waals surface area (Å²) in [6, 6.07) is 21.5. The highest BCUT2D eigenvalue weighted by atomic mass is 35.5. The van der Waals surface area contributed by atoms with Gasteiger partial charge in [0.2, 0.25) is 5.91 Å². The Balaban J connectivity index is 1.34. The average Bonchev–Trinajstić information content (AvgIpc) is 2.79. The van der Waals surface area contributed by atoms with Gasteiger partial charge in [0.25, 0.3) is 5.91 Å². The summed E-state index contributed by atoms with van der Waals surface area (Å²) >= 11 is 5.98. The molecule has 0 saturated carbocycles. The van der Waals surface area contributed by atoms with Crippen molar-refractivity contribution >= 4 is 29.1 Å². The van der Waals surface area contributed by atoms with Gasteiger partial charge in [0.1, 0.15) is 11.5 Å². The molecule has 7 heteroatoms. The Morgan fingerprint density at radius 2 is 1.45 bits per heavy atom. The molecule has 4 rings (SSSR count). The van der Waals surface area contributed by atoms with E-state index in [2.05, 4.69) is 4.90 Å². The molecule has 0 atom stereocenters. The highest BCUT2D eigenvalue weighted by Crippen LogP contribution is 2.25. The Hall–Kier alpha value is -3.51. The Morgan fingerprint density at radius 3 is 2.06 bits per heavy atom. The number of nitrogens with zero attached hydrogens (tertiary/aromatic N) is 2. The number of halogens is 1. The molecule has 1 fully saturated rings. The second-order valence-corrected chi connectivity index (χ2v) is 7.71. The fraction of sp³-hybridized carbons (Fsp3) is 0.167. The smallest absolute Gasteiger partial charge is 0.253 e. The van der Waals surface area contributed by atoms with Gasteiger partial charge in [-0.15, -0.1) is 0 Å². The maximum Gasteiger partial charge on any atom is 0.253 e. The van der Waals surface area contributed by atoms with Gasteiger partial charge < -0.3 is 20.3 Å². The molecule has 3 aromatic carbocycles. The molecule has 0 radical (unpaired) electrons. The number of carbonyl (C=O) groups excluding carboxylic acids is 2. The maximum absolute atomic E-state index is 12.9. The van der Waals surface area contributed by atoms with E-state index in [1.807, 2.05) is 29.2 Å². The molecule has 31 heavy (non-hydrogen) atoms. The van der Waals surface area contributed by atoms with Gasteiger partial charge in [-0.25, -0.2) is 0 Å². The predicted molar refractivity (Wildman–Crippen MR) is 121 cm³/mol. The molecule has 1 aliphatic rings. The van der Waals surface area contributed by atoms with Crippen LogP contribution >= 0.6 is 11.6 Å². The maximum atomic E-state index is 12.9. The summed E-state index contributed by atoms with van der Waals surface area (Å²) in [5, 5.41) is 0.604. The molecule has 0 spiro atoms. The van der Waals surface area contributed by atoms with Crippen molar-refractivity contribution in [3.63, 3.8) is 0 Å². The summed E-state index contributed by atoms with van der Waals surface area (Å²) in [7, 11) is 0. The number of rotatable bonds is 5. The quantitative estimate of drug-likeness (QED) is 0.651. The van der Waals surface area contributed by atoms with Gasteiger partial charge in [-0.05, 0) is 66.7 Å². The lowest BCUT2D eigenvalue weighted by Gasteiger charge is -2.36. The second kappa shape index (κ2) is 9.10. The molecule has 1 aliphatic heterocycles. The zero-order valence-electron chi connectivity index (χ0n) is 16.8. The number of anilines is 1. The molecule has 2 N–H and O–H groups in total. The van der Waals surface area contributed by atoms with Gasteiger partial charge >= 0.3 is 0 Å². The summed E-state index contributed by atoms with van der Waals surface area (Å²) in [4.78, 5) is 28.1. The van der Waals surface area contributed by atoms with Gasteiger partial charge in [0.15, 0.2) is 0 Å². The number of carbonyl (C=O) groups is 2. The van der Waals surface area contributed by atoms with E-state index >= 15 is 0 Å². The zero-order valence-corrected chi connectivity index (χ0v) is 17.6. The number of nitrogens with two attached hydrogens (primary N) is 1. The molecule has 3 aromatic rings. The standard InChI is InChI=1S/C24H22ClN3O3/c25-19-2-1-3-22(16-19)31-21-10-6-18(7-11-21)24(30)28-14-12-27(13-15-28)20-8-4-17(5-9-20)23(26)29/h1-11,16H,12-15H2,(H2,26,29). The van der Waals surface area contributed by atoms with E-state index in [9.17, 15) is 9.59 Å². The summed E-state index contributed by atoms with van der Waals surface area (Å²) in [5.41, 5.74) is 7.42. The number of piperazine rings is 1. The van der Waals surface area contributed by atoms with Gasteiger partial charge in [0, 0.05) is 48.0 Å². The van der Waals surface area contributed by atoms with Crippen LogP contribution in [0.25, 0.3) is 0 Å². The van der Waals surface area contributed by atoms with Crippen LogP contribution in [-0.2, 0) is 0 Å². The minimum absolute atomic E-state index is 0.00182. The van der Waals surface area contributed by atoms with Crippen LogP contribution < -0.4 is 15.4 Å². The van der Waals surface area contributed by atoms with E-state index in [1.54, 1.807) is 48.5 Å². The molecule has 1 heterocycles. The number of primary amides is 1. The summed E-state index contributed by atoms with van der Waals surface area (Å²) in [5.74, 6) is 0.846. The molecule has 0 bridgehead atoms. The SMILES string of the molecule is NC(=O)c1ccc(N2CCN(C(=O)c3ccc(Oc4cccc(Cl)c4)cc3)CC2)cc1. The molecule has 0 aliphatic carbocycles. The van der Waals surface area contributed by atoms with Crippen molar-refractivity contribution in [2.45, 2.75) is 0 Å². The van der Waals surface area contributed by atoms with Crippen LogP contribution in [0.15, 0.2) is 72.8 Å². The molecule has 158 valence electrons. The van der Waals surface area contributed by atoms with E-state index in [4.69, 9.17) is 22.1 Å². The second-order valence-electron chi connectivity index (χ2n) is 7.27. The summed E-state index contributed by atoms with van der Waals surface area (Å²) < 4.78 is 5.78. The van der Waals surface area contributed by atoms with Crippen LogP contribution in [0.4, 0.5) is 5.69 Å². The summed E-state index contributed by atoms with van der Waals surface area (Å²) in [6.07, 6.45) is 0. The van der Waals surface area contributed by atoms with Crippen LogP contribution in [0.3, 0.4) is 0 Å². The molecule has 6 nitrogen and oxygen atoms in total. The highest BCUT2D eigenvalue weighted by Gasteiger charge is 2.22. The van der Waals surface area contributed by atoms with Gasteiger partial charge in [-0.2, -0.15) is 0 Å². The average molecular weight is 436 g/mol. The first-order chi connectivity index (χ1) is 15.0. The Kier molecular flexibility index (Phi) is 6.09. The molecule has 1 saturated heterocycles. The van der Waals surface area contributed by atoms with Crippen molar-refractivity contribution in [3.8, 4) is 11.5 Å². The topological polar surface area (TPSA) is 75.9 Å². The number of benzene rings is 3. The minimum atomic E-state index is -0.439. The summed E-state index contributed by atoms with van der Waals surface area (Å²) in [6.45, 7) is 2.68. The van der Waals surface area contributed by atoms with E-state index in [1.165, 1.54) is 0 Å². The van der Waals surface area contributed by atoms with E-state index in [0.29, 0.717) is 40.7 Å². The fourth-order valence-electron chi connectivity index (χ4n) is 3.52. The van der Waals surface area contributed by atoms with Crippen molar-refractivity contribution < 1.29 is 14.3 Å². The Morgan fingerprint density at radius 1 is 0.806 bits per heavy atom. The molecule has 0 unspecified atom stereocenters. The van der Waals surface area contributed by atoms with E-state index < -0.39 is 5.91 Å². The van der Waals surface area contributed by atoms with Gasteiger partial charge in [0.05, 0.1) is 0 Å². The van der Waals surface area contributed by atoms with Crippen LogP contribution in [0.1, 0.15) is 20.7 Å². The third-order valence-electron chi connectivity index (χ3n) is 5.22. The third-order valence-corrected chi connectivity index (χ3v) is 5.45. The number of hydrogen-bond donors (Lipinski definition) is 1. The van der Waals surface area contributed by atoms with Crippen molar-refractivity contribution in [2.24, 2.45) is 5.73 Å². The molecular weight excluding hydrogens is 414 g/mol. The van der Waals surface area contributed by atoms with E-state index in [0.717, 1.165) is 18.8 Å². The molecular formula is C24H22ClN3O3. The van der Waals surface area contributed by atoms with Crippen LogP contribution in [0.2, 0.25) is 5.02 Å². The first-order valence-electron chi connectivity index (χ1n) is 9.97. The van der Waals surface area contributed by atoms with E-state index in [-0.39, 0.29) is 5.91 Å². The number of ether oxygens (including phenoxy) is 1. The minimum Gasteiger partial charge on any atom is -0.457 e. The third kappa shape index (κ3) is 4.98. The lowest BCUT2D eigenvalue weighted by atomic mass is 10.1. The normalized spacial score (nSPS) is 13.7. The van der Waals surface area contributed by atoms with Crippen molar-refractivity contribution in [2.75, 3.05) is 31.1 Å². The first kappa shape index (κ1) is 20.8. The van der Waals surface area contributed by atoms with Gasteiger partial charge in [-0.1, -0.05) is 17.7 Å². The number of hydrogen-bond acceptors (Lipinski definition) is 4. The lowest BCUT2D eigenvalue weighted by Crippen LogP contribution is -2.48. The van der Waals surface area contributed by atoms with Crippen LogP contribution in [-0.4, -0.2) is 42.9 Å². The monoisotopic (exact) mass is 435 g/mol. The molecule has 0 aromatic heterocycles. The van der Waals surface area contributed by atoms with Gasteiger partial charge in [-0.3, -0.25) is 9.59 Å². The molecule has 2 amide bonds. The Bertz CT molecular complexity index is 1080. The van der Waals surface area contributed by atoms with Crippen molar-refractivity contribution in [1.29, 1.82) is 0 Å². The highest BCUT2D eigenvalue weighted by molar-refractivity contribution is 6.30. The zero-order chi connectivity index (χ0) is 21.8. The largest absolute Gasteiger partial charge is 0.457 e. The first-order valence-corrected chi connectivity index (χ1v) is 10.3. The van der Waals surface area contributed by atoms with Crippen molar-refractivity contribution in [1.82, 2.24) is 4.90 Å². The lowest BCUT2D eigenvalue weighted by molar-refractivity contribution is 0.0746. The Labute approximate surface area is 185 Å². The van der Waals surface area contributed by atoms with Crippen molar-refractivity contribution in [3.05, 3.63) is 88.9 Å². The predicted octanol–water partition coefficient (Wildman–Crippen LogP) is 4.19. The number of amides is 2. The van der Waals surface area contributed by atoms with Crippen LogP contribution in [0.5, 0.6) is 11.5 Å². The fourth-order valence-corrected chi connectivity index (χ4v) is 3.70.